The lowest BCUT2D eigenvalue weighted by Gasteiger charge is -2.40. The number of hydrogen-bond donors (Lipinski definition) is 1. The van der Waals surface area contributed by atoms with Crippen molar-refractivity contribution in [3.05, 3.63) is 64.8 Å². The van der Waals surface area contributed by atoms with Crippen molar-refractivity contribution in [1.29, 1.82) is 0 Å². The number of nitrogens with one attached hydrogen (secondary N) is 1. The number of aliphatic imine (C=N–C) groups is 1. The molecule has 0 spiro atoms. The first kappa shape index (κ1) is 22.9. The molecule has 3 heterocycles. The van der Waals surface area contributed by atoms with Gasteiger partial charge in [-0.25, -0.2) is 9.98 Å². The second-order valence-corrected chi connectivity index (χ2v) is 10.5. The van der Waals surface area contributed by atoms with Crippen LogP contribution in [0.5, 0.6) is 5.75 Å². The highest BCUT2D eigenvalue weighted by molar-refractivity contribution is 7.16. The van der Waals surface area contributed by atoms with Crippen molar-refractivity contribution in [3.63, 3.8) is 0 Å². The molecular formula is C27H33N5OS. The highest BCUT2D eigenvalue weighted by Gasteiger charge is 2.31. The molecule has 1 saturated heterocycles. The van der Waals surface area contributed by atoms with Gasteiger partial charge in [-0.05, 0) is 49.7 Å². The predicted molar refractivity (Wildman–Crippen MR) is 141 cm³/mol. The van der Waals surface area contributed by atoms with E-state index in [9.17, 15) is 0 Å². The maximum absolute atomic E-state index is 5.30. The Kier molecular flexibility index (Phi) is 6.57. The first-order valence-electron chi connectivity index (χ1n) is 12.1. The number of methoxy groups -OCH3 is 1. The summed E-state index contributed by atoms with van der Waals surface area (Å²) in [6.45, 7) is 7.31. The molecule has 1 N–H and O–H groups in total. The zero-order chi connectivity index (χ0) is 23.7. The molecule has 2 aromatic carbocycles. The predicted octanol–water partition coefficient (Wildman–Crippen LogP) is 5.66. The average molecular weight is 476 g/mol. The standard InChI is InChI=1S/C27H33N5OS/c1-18(2)26-30-24-25(28-22-7-5-6-8-23(22)29-27(24)34-26)32-16-15-31(3)20(17-32)12-9-19-10-13-21(33-4)14-11-19/h5-8,10-11,13-14,18,20,29H,9,12,15-17H2,1-4H3. The summed E-state index contributed by atoms with van der Waals surface area (Å²) in [5, 5.41) is 5.86. The number of ether oxygens (including phenoxy) is 1. The van der Waals surface area contributed by atoms with Crippen molar-refractivity contribution in [3.8, 4) is 5.75 Å². The second kappa shape index (κ2) is 9.76. The summed E-state index contributed by atoms with van der Waals surface area (Å²) in [4.78, 5) is 15.2. The van der Waals surface area contributed by atoms with Gasteiger partial charge in [-0.1, -0.05) is 38.1 Å². The Morgan fingerprint density at radius 2 is 1.91 bits per heavy atom. The fourth-order valence-corrected chi connectivity index (χ4v) is 5.56. The van der Waals surface area contributed by atoms with Crippen LogP contribution >= 0.6 is 11.3 Å². The van der Waals surface area contributed by atoms with Gasteiger partial charge in [-0.15, -0.1) is 11.3 Å². The van der Waals surface area contributed by atoms with Crippen molar-refractivity contribution in [2.24, 2.45) is 4.99 Å². The molecule has 1 aromatic heterocycles. The van der Waals surface area contributed by atoms with Gasteiger partial charge < -0.3 is 15.0 Å². The molecule has 2 aliphatic rings. The fourth-order valence-electron chi connectivity index (χ4n) is 4.58. The van der Waals surface area contributed by atoms with Crippen LogP contribution < -0.4 is 10.1 Å². The molecule has 0 bridgehead atoms. The van der Waals surface area contributed by atoms with Crippen LogP contribution in [0.3, 0.4) is 0 Å². The number of fused-ring (bicyclic) bond motifs is 2. The normalized spacial score (nSPS) is 18.1. The van der Waals surface area contributed by atoms with Gasteiger partial charge in [0.2, 0.25) is 0 Å². The fraction of sp³-hybridized carbons (Fsp3) is 0.407. The van der Waals surface area contributed by atoms with Gasteiger partial charge in [0.1, 0.15) is 16.4 Å². The number of piperazine rings is 1. The third kappa shape index (κ3) is 4.68. The molecule has 0 aliphatic carbocycles. The summed E-state index contributed by atoms with van der Waals surface area (Å²) >= 11 is 1.75. The van der Waals surface area contributed by atoms with Crippen molar-refractivity contribution in [1.82, 2.24) is 14.8 Å². The molecule has 1 unspecified atom stereocenters. The Morgan fingerprint density at radius 3 is 2.68 bits per heavy atom. The van der Waals surface area contributed by atoms with Gasteiger partial charge in [0.05, 0.1) is 23.5 Å². The maximum Gasteiger partial charge on any atom is 0.158 e. The van der Waals surface area contributed by atoms with Gasteiger partial charge in [0.15, 0.2) is 5.84 Å². The van der Waals surface area contributed by atoms with Crippen LogP contribution in [0.25, 0.3) is 0 Å². The largest absolute Gasteiger partial charge is 0.497 e. The lowest BCUT2D eigenvalue weighted by atomic mass is 10.0. The molecule has 1 atom stereocenters. The van der Waals surface area contributed by atoms with Crippen LogP contribution in [0.1, 0.15) is 42.5 Å². The van der Waals surface area contributed by atoms with Gasteiger partial charge in [0, 0.05) is 31.6 Å². The van der Waals surface area contributed by atoms with Crippen LogP contribution in [0.2, 0.25) is 0 Å². The zero-order valence-electron chi connectivity index (χ0n) is 20.4. The zero-order valence-corrected chi connectivity index (χ0v) is 21.2. The van der Waals surface area contributed by atoms with E-state index < -0.39 is 0 Å². The summed E-state index contributed by atoms with van der Waals surface area (Å²) in [5.74, 6) is 2.29. The molecule has 3 aromatic rings. The molecule has 5 rings (SSSR count). The van der Waals surface area contributed by atoms with Gasteiger partial charge in [0.25, 0.3) is 0 Å². The van der Waals surface area contributed by atoms with Crippen LogP contribution in [-0.4, -0.2) is 60.5 Å². The number of benzene rings is 2. The molecular weight excluding hydrogens is 442 g/mol. The third-order valence-corrected chi connectivity index (χ3v) is 8.00. The number of aryl methyl sites for hydroxylation is 1. The summed E-state index contributed by atoms with van der Waals surface area (Å²) in [5.41, 5.74) is 4.35. The lowest BCUT2D eigenvalue weighted by Crippen LogP contribution is -2.53. The van der Waals surface area contributed by atoms with Crippen molar-refractivity contribution in [2.75, 3.05) is 39.1 Å². The van der Waals surface area contributed by atoms with E-state index in [1.54, 1.807) is 18.4 Å². The van der Waals surface area contributed by atoms with Gasteiger partial charge in [-0.3, -0.25) is 4.90 Å². The number of rotatable bonds is 5. The van der Waals surface area contributed by atoms with E-state index in [2.05, 4.69) is 72.4 Å². The monoisotopic (exact) mass is 475 g/mol. The molecule has 1 fully saturated rings. The van der Waals surface area contributed by atoms with E-state index in [4.69, 9.17) is 14.7 Å². The van der Waals surface area contributed by atoms with Crippen molar-refractivity contribution >= 4 is 33.5 Å². The van der Waals surface area contributed by atoms with Crippen LogP contribution in [-0.2, 0) is 6.42 Å². The Labute approximate surface area is 206 Å². The maximum atomic E-state index is 5.30. The first-order chi connectivity index (χ1) is 16.5. The summed E-state index contributed by atoms with van der Waals surface area (Å²) < 4.78 is 5.30. The van der Waals surface area contributed by atoms with E-state index in [1.807, 2.05) is 12.1 Å². The Balaban J connectivity index is 1.40. The number of thiazole rings is 1. The van der Waals surface area contributed by atoms with Crippen molar-refractivity contribution in [2.45, 2.75) is 38.6 Å². The Bertz CT molecular complexity index is 1170. The Morgan fingerprint density at radius 1 is 1.12 bits per heavy atom. The molecule has 6 nitrogen and oxygen atoms in total. The number of amidine groups is 1. The van der Waals surface area contributed by atoms with Crippen LogP contribution in [0.15, 0.2) is 53.5 Å². The number of para-hydroxylation sites is 2. The third-order valence-electron chi connectivity index (χ3n) is 6.73. The second-order valence-electron chi connectivity index (χ2n) is 9.43. The number of aromatic nitrogens is 1. The molecule has 0 saturated carbocycles. The molecule has 2 aliphatic heterocycles. The van der Waals surface area contributed by atoms with Gasteiger partial charge in [-0.2, -0.15) is 0 Å². The summed E-state index contributed by atoms with van der Waals surface area (Å²) in [7, 11) is 3.95. The highest BCUT2D eigenvalue weighted by atomic mass is 32.1. The lowest BCUT2D eigenvalue weighted by molar-refractivity contribution is 0.134. The number of anilines is 2. The van der Waals surface area contributed by atoms with Crippen LogP contribution in [0, 0.1) is 0 Å². The van der Waals surface area contributed by atoms with E-state index in [1.165, 1.54) is 5.56 Å². The van der Waals surface area contributed by atoms with Gasteiger partial charge >= 0.3 is 0 Å². The molecule has 7 heteroatoms. The minimum absolute atomic E-state index is 0.389. The van der Waals surface area contributed by atoms with E-state index >= 15 is 0 Å². The molecule has 178 valence electrons. The number of nitrogens with zero attached hydrogens (tertiary/aromatic N) is 4. The first-order valence-corrected chi connectivity index (χ1v) is 12.9. The van der Waals surface area contributed by atoms with E-state index in [0.29, 0.717) is 12.0 Å². The van der Waals surface area contributed by atoms with E-state index in [0.717, 1.165) is 71.1 Å². The van der Waals surface area contributed by atoms with Crippen molar-refractivity contribution < 1.29 is 4.74 Å². The minimum atomic E-state index is 0.389. The Hall–Kier alpha value is -2.90. The van der Waals surface area contributed by atoms with Crippen LogP contribution in [0.4, 0.5) is 16.4 Å². The van der Waals surface area contributed by atoms with E-state index in [-0.39, 0.29) is 0 Å². The minimum Gasteiger partial charge on any atom is -0.497 e. The average Bonchev–Trinajstić information content (AvgIpc) is 3.20. The molecule has 0 radical (unpaired) electrons. The topological polar surface area (TPSA) is 53.0 Å². The summed E-state index contributed by atoms with van der Waals surface area (Å²) in [6.07, 6.45) is 2.14. The molecule has 34 heavy (non-hydrogen) atoms. The molecule has 0 amide bonds. The number of hydrogen-bond acceptors (Lipinski definition) is 7. The smallest absolute Gasteiger partial charge is 0.158 e. The SMILES string of the molecule is COc1ccc(CCC2CN(C3=Nc4ccccc4Nc4sc(C(C)C)nc43)CCN2C)cc1. The summed E-state index contributed by atoms with van der Waals surface area (Å²) in [6, 6.07) is 17.2. The highest BCUT2D eigenvalue weighted by Crippen LogP contribution is 2.39. The quantitative estimate of drug-likeness (QED) is 0.516. The number of likely N-dealkylation sites (N-methyl/N-ethyl adjacent to an activating group) is 1.